The van der Waals surface area contributed by atoms with Gasteiger partial charge in [-0.05, 0) is 43.3 Å². The lowest BCUT2D eigenvalue weighted by atomic mass is 10.2. The van der Waals surface area contributed by atoms with Gasteiger partial charge in [-0.3, -0.25) is 19.7 Å². The highest BCUT2D eigenvalue weighted by atomic mass is 32.1. The van der Waals surface area contributed by atoms with Crippen LogP contribution in [0.15, 0.2) is 40.8 Å². The van der Waals surface area contributed by atoms with Crippen LogP contribution in [0.3, 0.4) is 0 Å². The Labute approximate surface area is 188 Å². The number of carbonyl (C=O) groups is 3. The average Bonchev–Trinajstić information content (AvgIpc) is 3.43. The van der Waals surface area contributed by atoms with E-state index in [1.807, 2.05) is 30.0 Å². The summed E-state index contributed by atoms with van der Waals surface area (Å²) in [5.41, 5.74) is 1.58. The molecule has 3 aromatic rings. The Balaban J connectivity index is 1.32. The first-order valence-electron chi connectivity index (χ1n) is 10.0. The second kappa shape index (κ2) is 9.18. The number of hydrogen-bond donors (Lipinski definition) is 2. The smallest absolute Gasteiger partial charge is 0.323 e. The molecule has 1 aliphatic rings. The maximum Gasteiger partial charge on any atom is 0.323 e. The summed E-state index contributed by atoms with van der Waals surface area (Å²) < 4.78 is 5.26. The van der Waals surface area contributed by atoms with Crippen LogP contribution >= 0.6 is 11.3 Å². The van der Waals surface area contributed by atoms with Crippen LogP contribution in [0.2, 0.25) is 0 Å². The normalized spacial score (nSPS) is 13.7. The molecule has 0 radical (unpaired) electrons. The SMILES string of the molecule is CC(=O)N1CCN(c2ccc(NC(=O)c3nnc(NC(=O)c4ccc(C)s4)o3)cc2)CC1. The van der Waals surface area contributed by atoms with Crippen molar-refractivity contribution in [3.8, 4) is 0 Å². The second-order valence-corrected chi connectivity index (χ2v) is 8.56. The van der Waals surface area contributed by atoms with E-state index in [2.05, 4.69) is 25.7 Å². The molecule has 10 nitrogen and oxygen atoms in total. The number of thiophene rings is 1. The van der Waals surface area contributed by atoms with Gasteiger partial charge in [0.25, 0.3) is 5.91 Å². The van der Waals surface area contributed by atoms with Gasteiger partial charge in [0.15, 0.2) is 0 Å². The van der Waals surface area contributed by atoms with E-state index < -0.39 is 5.91 Å². The van der Waals surface area contributed by atoms with Gasteiger partial charge in [0, 0.05) is 49.4 Å². The molecule has 0 spiro atoms. The molecule has 11 heteroatoms. The lowest BCUT2D eigenvalue weighted by Crippen LogP contribution is -2.48. The quantitative estimate of drug-likeness (QED) is 0.608. The fourth-order valence-corrected chi connectivity index (χ4v) is 4.06. The highest BCUT2D eigenvalue weighted by Gasteiger charge is 2.20. The Morgan fingerprint density at radius 1 is 0.938 bits per heavy atom. The van der Waals surface area contributed by atoms with Gasteiger partial charge in [0.2, 0.25) is 5.91 Å². The minimum Gasteiger partial charge on any atom is -0.399 e. The Morgan fingerprint density at radius 3 is 2.28 bits per heavy atom. The zero-order valence-corrected chi connectivity index (χ0v) is 18.4. The number of benzene rings is 1. The van der Waals surface area contributed by atoms with Crippen LogP contribution in [-0.4, -0.2) is 59.0 Å². The fourth-order valence-electron chi connectivity index (χ4n) is 3.30. The summed E-state index contributed by atoms with van der Waals surface area (Å²) in [6, 6.07) is 10.8. The van der Waals surface area contributed by atoms with Crippen molar-refractivity contribution in [3.63, 3.8) is 0 Å². The standard InChI is InChI=1S/C21H22N6O4S/c1-13-3-8-17(32-13)18(29)23-21-25-24-20(31-21)19(30)22-15-4-6-16(7-5-15)27-11-9-26(10-12-27)14(2)28/h3-8H,9-12H2,1-2H3,(H,22,30)(H,23,25,29). The Hall–Kier alpha value is -3.73. The minimum absolute atomic E-state index is 0.0908. The molecule has 0 bridgehead atoms. The third-order valence-corrected chi connectivity index (χ3v) is 6.02. The number of aryl methyl sites for hydroxylation is 1. The third-order valence-electron chi connectivity index (χ3n) is 5.02. The van der Waals surface area contributed by atoms with E-state index in [1.54, 1.807) is 25.1 Å². The number of nitrogens with zero attached hydrogens (tertiary/aromatic N) is 4. The zero-order chi connectivity index (χ0) is 22.7. The highest BCUT2D eigenvalue weighted by Crippen LogP contribution is 2.21. The van der Waals surface area contributed by atoms with Gasteiger partial charge in [-0.25, -0.2) is 0 Å². The molecule has 166 valence electrons. The summed E-state index contributed by atoms with van der Waals surface area (Å²) >= 11 is 1.34. The van der Waals surface area contributed by atoms with Gasteiger partial charge < -0.3 is 19.5 Å². The molecule has 1 saturated heterocycles. The van der Waals surface area contributed by atoms with Crippen molar-refractivity contribution in [2.45, 2.75) is 13.8 Å². The highest BCUT2D eigenvalue weighted by molar-refractivity contribution is 7.14. The average molecular weight is 455 g/mol. The molecule has 1 aliphatic heterocycles. The number of anilines is 3. The second-order valence-electron chi connectivity index (χ2n) is 7.27. The van der Waals surface area contributed by atoms with Crippen molar-refractivity contribution < 1.29 is 18.8 Å². The topological polar surface area (TPSA) is 121 Å². The largest absolute Gasteiger partial charge is 0.399 e. The molecule has 32 heavy (non-hydrogen) atoms. The van der Waals surface area contributed by atoms with Gasteiger partial charge >= 0.3 is 17.8 Å². The van der Waals surface area contributed by atoms with E-state index in [4.69, 9.17) is 4.42 Å². The number of aromatic nitrogens is 2. The number of nitrogens with one attached hydrogen (secondary N) is 2. The molecule has 3 heterocycles. The molecule has 4 rings (SSSR count). The molecule has 1 fully saturated rings. The number of piperazine rings is 1. The molecule has 0 aliphatic carbocycles. The van der Waals surface area contributed by atoms with Crippen molar-refractivity contribution in [1.82, 2.24) is 15.1 Å². The maximum absolute atomic E-state index is 12.4. The summed E-state index contributed by atoms with van der Waals surface area (Å²) in [7, 11) is 0. The van der Waals surface area contributed by atoms with Crippen molar-refractivity contribution >= 4 is 46.4 Å². The van der Waals surface area contributed by atoms with Gasteiger partial charge in [0.05, 0.1) is 4.88 Å². The van der Waals surface area contributed by atoms with Crippen molar-refractivity contribution in [3.05, 3.63) is 52.0 Å². The van der Waals surface area contributed by atoms with E-state index in [-0.39, 0.29) is 23.7 Å². The van der Waals surface area contributed by atoms with E-state index in [0.717, 1.165) is 23.7 Å². The monoisotopic (exact) mass is 454 g/mol. The summed E-state index contributed by atoms with van der Waals surface area (Å²) in [5.74, 6) is -1.12. The van der Waals surface area contributed by atoms with Crippen LogP contribution in [-0.2, 0) is 4.79 Å². The molecule has 2 aromatic heterocycles. The summed E-state index contributed by atoms with van der Waals surface area (Å²) in [5, 5.41) is 12.6. The van der Waals surface area contributed by atoms with Crippen molar-refractivity contribution in [2.24, 2.45) is 0 Å². The van der Waals surface area contributed by atoms with E-state index >= 15 is 0 Å². The Morgan fingerprint density at radius 2 is 1.66 bits per heavy atom. The summed E-state index contributed by atoms with van der Waals surface area (Å²) in [6.45, 7) is 6.38. The molecular formula is C21H22N6O4S. The number of rotatable bonds is 5. The van der Waals surface area contributed by atoms with Crippen LogP contribution in [0.1, 0.15) is 32.2 Å². The summed E-state index contributed by atoms with van der Waals surface area (Å²) in [6.07, 6.45) is 0. The van der Waals surface area contributed by atoms with Crippen LogP contribution in [0, 0.1) is 6.92 Å². The number of hydrogen-bond acceptors (Lipinski definition) is 8. The van der Waals surface area contributed by atoms with E-state index in [1.165, 1.54) is 11.3 Å². The Bertz CT molecular complexity index is 1130. The molecule has 1 aromatic carbocycles. The molecule has 0 unspecified atom stereocenters. The van der Waals surface area contributed by atoms with Crippen molar-refractivity contribution in [2.75, 3.05) is 41.7 Å². The summed E-state index contributed by atoms with van der Waals surface area (Å²) in [4.78, 5) is 41.6. The predicted octanol–water partition coefficient (Wildman–Crippen LogP) is 2.61. The zero-order valence-electron chi connectivity index (χ0n) is 17.6. The molecular weight excluding hydrogens is 432 g/mol. The predicted molar refractivity (Wildman–Crippen MR) is 120 cm³/mol. The van der Waals surface area contributed by atoms with Crippen molar-refractivity contribution in [1.29, 1.82) is 0 Å². The lowest BCUT2D eigenvalue weighted by Gasteiger charge is -2.35. The first-order valence-corrected chi connectivity index (χ1v) is 10.8. The van der Waals surface area contributed by atoms with Gasteiger partial charge in [0.1, 0.15) is 0 Å². The van der Waals surface area contributed by atoms with Gasteiger partial charge in [-0.2, -0.15) is 0 Å². The molecule has 2 N–H and O–H groups in total. The van der Waals surface area contributed by atoms with E-state index in [0.29, 0.717) is 23.7 Å². The molecule has 0 saturated carbocycles. The fraction of sp³-hybridized carbons (Fsp3) is 0.286. The maximum atomic E-state index is 12.4. The lowest BCUT2D eigenvalue weighted by molar-refractivity contribution is -0.129. The molecule has 3 amide bonds. The first kappa shape index (κ1) is 21.5. The minimum atomic E-state index is -0.576. The van der Waals surface area contributed by atoms with Gasteiger partial charge in [-0.1, -0.05) is 5.10 Å². The first-order chi connectivity index (χ1) is 15.4. The molecule has 0 atom stereocenters. The van der Waals surface area contributed by atoms with E-state index in [9.17, 15) is 14.4 Å². The number of carbonyl (C=O) groups excluding carboxylic acids is 3. The number of amides is 3. The third kappa shape index (κ3) is 4.94. The van der Waals surface area contributed by atoms with Crippen LogP contribution < -0.4 is 15.5 Å². The van der Waals surface area contributed by atoms with Crippen LogP contribution in [0.25, 0.3) is 0 Å². The van der Waals surface area contributed by atoms with Crippen LogP contribution in [0.5, 0.6) is 0 Å². The van der Waals surface area contributed by atoms with Gasteiger partial charge in [-0.15, -0.1) is 16.4 Å². The Kier molecular flexibility index (Phi) is 6.17. The van der Waals surface area contributed by atoms with Crippen LogP contribution in [0.4, 0.5) is 17.4 Å².